The molecule has 4 heterocycles. The Morgan fingerprint density at radius 3 is 0.917 bits per heavy atom. The molecule has 0 atom stereocenters. The first-order valence-electron chi connectivity index (χ1n) is 14.3. The molecule has 3 aromatic heterocycles. The molecular formula is C36H20F9N3. The molecule has 2 N–H and O–H groups in total. The molecule has 7 rings (SSSR count). The van der Waals surface area contributed by atoms with Crippen LogP contribution in [0, 0.1) is 0 Å². The lowest BCUT2D eigenvalue weighted by Gasteiger charge is -2.10. The zero-order chi connectivity index (χ0) is 34.0. The summed E-state index contributed by atoms with van der Waals surface area (Å²) in [6.07, 6.45) is -10.4. The Bertz CT molecular complexity index is 2140. The molecule has 0 unspecified atom stereocenters. The monoisotopic (exact) mass is 665 g/mol. The molecule has 0 amide bonds. The number of aromatic amines is 2. The van der Waals surface area contributed by atoms with Gasteiger partial charge in [-0.25, -0.2) is 4.98 Å². The van der Waals surface area contributed by atoms with Crippen molar-refractivity contribution in [1.82, 2.24) is 15.0 Å². The van der Waals surface area contributed by atoms with Gasteiger partial charge in [0.05, 0.1) is 28.1 Å². The molecule has 242 valence electrons. The SMILES string of the molecule is FC(F)(F)c1ccc(-c2c3nc(c(-c4ccc(C(F)(F)F)cc4)c4ccc([nH]4)c(-c4ccc(C(F)(F)F)cc4)c4ccc2[nH]4)C=C3)cc1. The van der Waals surface area contributed by atoms with E-state index in [1.165, 1.54) is 36.4 Å². The number of fused-ring (bicyclic) bond motifs is 6. The number of hydrogen-bond acceptors (Lipinski definition) is 1. The lowest BCUT2D eigenvalue weighted by atomic mass is 10.0. The van der Waals surface area contributed by atoms with Gasteiger partial charge in [-0.1, -0.05) is 36.4 Å². The number of nitrogens with one attached hydrogen (secondary N) is 2. The number of hydrogen-bond donors (Lipinski definition) is 2. The zero-order valence-corrected chi connectivity index (χ0v) is 24.2. The molecule has 0 aliphatic carbocycles. The van der Waals surface area contributed by atoms with Crippen LogP contribution >= 0.6 is 0 Å². The fourth-order valence-electron chi connectivity index (χ4n) is 5.83. The van der Waals surface area contributed by atoms with Crippen LogP contribution in [0.1, 0.15) is 28.1 Å². The minimum absolute atomic E-state index is 0.367. The lowest BCUT2D eigenvalue weighted by Crippen LogP contribution is -2.04. The van der Waals surface area contributed by atoms with Crippen molar-refractivity contribution in [2.75, 3.05) is 0 Å². The number of alkyl halides is 9. The normalized spacial score (nSPS) is 13.0. The third kappa shape index (κ3) is 5.67. The van der Waals surface area contributed by atoms with Gasteiger partial charge >= 0.3 is 18.5 Å². The Morgan fingerprint density at radius 2 is 0.625 bits per heavy atom. The molecule has 6 bridgehead atoms. The number of H-pyrrole nitrogens is 2. The molecule has 0 radical (unpaired) electrons. The number of nitrogens with zero attached hydrogens (tertiary/aromatic N) is 1. The van der Waals surface area contributed by atoms with Crippen molar-refractivity contribution < 1.29 is 39.5 Å². The highest BCUT2D eigenvalue weighted by molar-refractivity contribution is 6.00. The predicted molar refractivity (Wildman–Crippen MR) is 166 cm³/mol. The maximum atomic E-state index is 13.4. The van der Waals surface area contributed by atoms with Gasteiger partial charge in [0.2, 0.25) is 0 Å². The van der Waals surface area contributed by atoms with E-state index >= 15 is 0 Å². The second kappa shape index (κ2) is 11.0. The Balaban J connectivity index is 1.56. The van der Waals surface area contributed by atoms with Crippen molar-refractivity contribution in [2.45, 2.75) is 18.5 Å². The number of rotatable bonds is 3. The lowest BCUT2D eigenvalue weighted by molar-refractivity contribution is -0.138. The smallest absolute Gasteiger partial charge is 0.354 e. The van der Waals surface area contributed by atoms with Gasteiger partial charge in [0.1, 0.15) is 0 Å². The van der Waals surface area contributed by atoms with Gasteiger partial charge in [-0.05, 0) is 89.5 Å². The molecule has 0 fully saturated rings. The Morgan fingerprint density at radius 1 is 0.354 bits per heavy atom. The Hall–Kier alpha value is -5.52. The topological polar surface area (TPSA) is 44.5 Å². The molecule has 3 nitrogen and oxygen atoms in total. The molecule has 0 saturated carbocycles. The second-order valence-corrected chi connectivity index (χ2v) is 11.1. The van der Waals surface area contributed by atoms with Crippen LogP contribution in [0.15, 0.2) is 97.1 Å². The van der Waals surface area contributed by atoms with Gasteiger partial charge in [-0.3, -0.25) is 0 Å². The average molecular weight is 666 g/mol. The fourth-order valence-corrected chi connectivity index (χ4v) is 5.83. The molecule has 12 heteroatoms. The molecule has 1 aliphatic rings. The third-order valence-electron chi connectivity index (χ3n) is 8.10. The molecule has 1 aliphatic heterocycles. The summed E-state index contributed by atoms with van der Waals surface area (Å²) in [6, 6.07) is 20.4. The molecule has 48 heavy (non-hydrogen) atoms. The first-order valence-corrected chi connectivity index (χ1v) is 14.3. The van der Waals surface area contributed by atoms with E-state index in [0.717, 1.165) is 36.4 Å². The van der Waals surface area contributed by atoms with Crippen LogP contribution in [0.4, 0.5) is 39.5 Å². The highest BCUT2D eigenvalue weighted by Crippen LogP contribution is 2.40. The van der Waals surface area contributed by atoms with E-state index < -0.39 is 35.2 Å². The van der Waals surface area contributed by atoms with Gasteiger partial charge in [-0.2, -0.15) is 39.5 Å². The van der Waals surface area contributed by atoms with Crippen LogP contribution in [-0.4, -0.2) is 15.0 Å². The van der Waals surface area contributed by atoms with Crippen molar-refractivity contribution in [3.05, 3.63) is 125 Å². The average Bonchev–Trinajstić information content (AvgIpc) is 3.81. The number of benzene rings is 3. The van der Waals surface area contributed by atoms with E-state index in [0.29, 0.717) is 66.8 Å². The fraction of sp³-hybridized carbons (Fsp3) is 0.0833. The van der Waals surface area contributed by atoms with Gasteiger partial charge < -0.3 is 9.97 Å². The van der Waals surface area contributed by atoms with Crippen molar-refractivity contribution >= 4 is 34.2 Å². The highest BCUT2D eigenvalue weighted by atomic mass is 19.4. The summed E-state index contributed by atoms with van der Waals surface area (Å²) in [4.78, 5) is 11.4. The van der Waals surface area contributed by atoms with Crippen molar-refractivity contribution in [2.24, 2.45) is 0 Å². The third-order valence-corrected chi connectivity index (χ3v) is 8.10. The number of halogens is 9. The van der Waals surface area contributed by atoms with Crippen LogP contribution in [0.2, 0.25) is 0 Å². The minimum Gasteiger partial charge on any atom is -0.354 e. The van der Waals surface area contributed by atoms with E-state index in [2.05, 4.69) is 9.97 Å². The molecule has 3 aromatic carbocycles. The van der Waals surface area contributed by atoms with Crippen LogP contribution in [0.25, 0.3) is 67.6 Å². The van der Waals surface area contributed by atoms with Gasteiger partial charge in [0, 0.05) is 38.8 Å². The molecular weight excluding hydrogens is 645 g/mol. The van der Waals surface area contributed by atoms with Crippen LogP contribution in [0.5, 0.6) is 0 Å². The largest absolute Gasteiger partial charge is 0.416 e. The van der Waals surface area contributed by atoms with Crippen molar-refractivity contribution in [1.29, 1.82) is 0 Å². The molecule has 6 aromatic rings. The summed E-state index contributed by atoms with van der Waals surface area (Å²) in [5, 5.41) is 0. The van der Waals surface area contributed by atoms with E-state index in [1.807, 2.05) is 0 Å². The quantitative estimate of drug-likeness (QED) is 0.181. The Kier molecular flexibility index (Phi) is 7.15. The summed E-state index contributed by atoms with van der Waals surface area (Å²) in [5.74, 6) is 0. The molecule has 0 saturated heterocycles. The van der Waals surface area contributed by atoms with E-state index in [1.54, 1.807) is 36.4 Å². The van der Waals surface area contributed by atoms with Crippen molar-refractivity contribution in [3.8, 4) is 33.4 Å². The van der Waals surface area contributed by atoms with Gasteiger partial charge in [0.25, 0.3) is 0 Å². The van der Waals surface area contributed by atoms with E-state index in [-0.39, 0.29) is 0 Å². The summed E-state index contributed by atoms with van der Waals surface area (Å²) in [7, 11) is 0. The van der Waals surface area contributed by atoms with E-state index in [9.17, 15) is 39.5 Å². The standard InChI is InChI=1S/C36H20F9N3/c37-34(38,39)22-7-1-19(2-8-22)31-25-13-15-27(46-25)32(20-3-9-23(10-4-20)35(40,41)42)29-17-18-30(48-29)33(28-16-14-26(31)47-28)21-5-11-24(12-6-21)36(43,44)45/h1-18,46-47H. The summed E-state index contributed by atoms with van der Waals surface area (Å²) in [6.45, 7) is 0. The van der Waals surface area contributed by atoms with Crippen LogP contribution in [-0.2, 0) is 18.5 Å². The second-order valence-electron chi connectivity index (χ2n) is 11.1. The van der Waals surface area contributed by atoms with Crippen molar-refractivity contribution in [3.63, 3.8) is 0 Å². The number of aromatic nitrogens is 3. The maximum Gasteiger partial charge on any atom is 0.416 e. The summed E-state index contributed by atoms with van der Waals surface area (Å²) >= 11 is 0. The predicted octanol–water partition coefficient (Wildman–Crippen LogP) is 11.7. The molecule has 0 spiro atoms. The van der Waals surface area contributed by atoms with E-state index in [4.69, 9.17) is 4.98 Å². The van der Waals surface area contributed by atoms with Crippen LogP contribution < -0.4 is 0 Å². The summed E-state index contributed by atoms with van der Waals surface area (Å²) < 4.78 is 121. The van der Waals surface area contributed by atoms with Gasteiger partial charge in [0.15, 0.2) is 0 Å². The highest BCUT2D eigenvalue weighted by Gasteiger charge is 2.32. The van der Waals surface area contributed by atoms with Gasteiger partial charge in [-0.15, -0.1) is 0 Å². The zero-order valence-electron chi connectivity index (χ0n) is 24.2. The maximum absolute atomic E-state index is 13.4. The van der Waals surface area contributed by atoms with Crippen LogP contribution in [0.3, 0.4) is 0 Å². The first kappa shape index (κ1) is 31.1. The summed E-state index contributed by atoms with van der Waals surface area (Å²) in [5.41, 5.74) is 2.63. The first-order chi connectivity index (χ1) is 22.7. The minimum atomic E-state index is -4.56. The Labute approximate surface area is 265 Å².